The van der Waals surface area contributed by atoms with Crippen molar-refractivity contribution in [2.75, 3.05) is 5.32 Å². The fourth-order valence-corrected chi connectivity index (χ4v) is 1.60. The number of nitro benzene ring substituents is 1. The van der Waals surface area contributed by atoms with Crippen LogP contribution in [0.3, 0.4) is 0 Å². The average Bonchev–Trinajstić information content (AvgIpc) is 2.18. The third-order valence-electron chi connectivity index (χ3n) is 2.35. The van der Waals surface area contributed by atoms with E-state index in [1.54, 1.807) is 12.1 Å². The van der Waals surface area contributed by atoms with Crippen LogP contribution in [0.15, 0.2) is 18.2 Å². The van der Waals surface area contributed by atoms with Crippen LogP contribution >= 0.6 is 0 Å². The van der Waals surface area contributed by atoms with Gasteiger partial charge in [0.2, 0.25) is 5.91 Å². The lowest BCUT2D eigenvalue weighted by molar-refractivity contribution is -0.384. The van der Waals surface area contributed by atoms with Crippen LogP contribution in [0.5, 0.6) is 0 Å². The molecular weight excluding hydrogens is 198 g/mol. The maximum Gasteiger partial charge on any atom is 0.293 e. The lowest BCUT2D eigenvalue weighted by atomic mass is 9.99. The van der Waals surface area contributed by atoms with Gasteiger partial charge in [-0.2, -0.15) is 0 Å². The largest absolute Gasteiger partial charge is 0.320 e. The van der Waals surface area contributed by atoms with E-state index in [0.29, 0.717) is 12.0 Å². The third kappa shape index (κ3) is 1.55. The Kier molecular flexibility index (Phi) is 2.12. The molecule has 0 aromatic heterocycles. The molecular formula is C9H9N3O3. The van der Waals surface area contributed by atoms with Gasteiger partial charge in [0.1, 0.15) is 5.69 Å². The van der Waals surface area contributed by atoms with Crippen LogP contribution in [0, 0.1) is 10.1 Å². The number of nitrogens with two attached hydrogens (primary N) is 1. The minimum atomic E-state index is -0.625. The van der Waals surface area contributed by atoms with E-state index in [2.05, 4.69) is 5.32 Å². The Morgan fingerprint density at radius 3 is 2.93 bits per heavy atom. The summed E-state index contributed by atoms with van der Waals surface area (Å²) in [6, 6.07) is 4.04. The predicted molar refractivity (Wildman–Crippen MR) is 53.4 cm³/mol. The topological polar surface area (TPSA) is 98.3 Å². The van der Waals surface area contributed by atoms with E-state index in [1.807, 2.05) is 0 Å². The number of hydrogen-bond donors (Lipinski definition) is 2. The Morgan fingerprint density at radius 2 is 2.27 bits per heavy atom. The number of fused-ring (bicyclic) bond motifs is 1. The molecule has 0 aliphatic carbocycles. The molecule has 1 aliphatic heterocycles. The zero-order valence-corrected chi connectivity index (χ0v) is 7.77. The highest BCUT2D eigenvalue weighted by molar-refractivity contribution is 6.00. The molecule has 0 saturated carbocycles. The number of nitrogens with one attached hydrogen (secondary N) is 1. The van der Waals surface area contributed by atoms with Gasteiger partial charge in [-0.3, -0.25) is 14.9 Å². The van der Waals surface area contributed by atoms with Gasteiger partial charge >= 0.3 is 0 Å². The van der Waals surface area contributed by atoms with Gasteiger partial charge in [0.25, 0.3) is 5.69 Å². The van der Waals surface area contributed by atoms with E-state index in [1.165, 1.54) is 6.07 Å². The summed E-state index contributed by atoms with van der Waals surface area (Å²) in [6.07, 6.45) is 0.336. The fourth-order valence-electron chi connectivity index (χ4n) is 1.60. The van der Waals surface area contributed by atoms with Crippen LogP contribution < -0.4 is 11.1 Å². The highest BCUT2D eigenvalue weighted by Gasteiger charge is 2.28. The molecule has 78 valence electrons. The zero-order valence-electron chi connectivity index (χ0n) is 7.77. The molecule has 1 aliphatic rings. The Balaban J connectivity index is 2.52. The Hall–Kier alpha value is -1.95. The number of carbonyl (C=O) groups excluding carboxylic acids is 1. The summed E-state index contributed by atoms with van der Waals surface area (Å²) in [5.41, 5.74) is 6.42. The number of anilines is 1. The summed E-state index contributed by atoms with van der Waals surface area (Å²) < 4.78 is 0. The molecule has 15 heavy (non-hydrogen) atoms. The minimum Gasteiger partial charge on any atom is -0.320 e. The summed E-state index contributed by atoms with van der Waals surface area (Å²) >= 11 is 0. The van der Waals surface area contributed by atoms with E-state index < -0.39 is 11.0 Å². The Bertz CT molecular complexity index is 444. The molecule has 3 N–H and O–H groups in total. The molecule has 1 aromatic rings. The number of nitrogens with zero attached hydrogens (tertiary/aromatic N) is 1. The summed E-state index contributed by atoms with van der Waals surface area (Å²) in [5, 5.41) is 13.1. The molecule has 1 unspecified atom stereocenters. The van der Waals surface area contributed by atoms with Crippen LogP contribution in [0.4, 0.5) is 11.4 Å². The second-order valence-corrected chi connectivity index (χ2v) is 3.37. The van der Waals surface area contributed by atoms with E-state index in [4.69, 9.17) is 5.73 Å². The van der Waals surface area contributed by atoms with E-state index in [-0.39, 0.29) is 17.3 Å². The number of amides is 1. The van der Waals surface area contributed by atoms with Gasteiger partial charge in [0.15, 0.2) is 0 Å². The predicted octanol–water partition coefficient (Wildman–Crippen LogP) is 0.417. The monoisotopic (exact) mass is 207 g/mol. The van der Waals surface area contributed by atoms with Crippen molar-refractivity contribution in [2.24, 2.45) is 5.73 Å². The average molecular weight is 207 g/mol. The summed E-state index contributed by atoms with van der Waals surface area (Å²) in [7, 11) is 0. The highest BCUT2D eigenvalue weighted by Crippen LogP contribution is 2.31. The van der Waals surface area contributed by atoms with Crippen LogP contribution in [-0.2, 0) is 11.2 Å². The molecule has 0 spiro atoms. The molecule has 1 atom stereocenters. The molecule has 2 rings (SSSR count). The van der Waals surface area contributed by atoms with Crippen LogP contribution in [0.1, 0.15) is 5.56 Å². The summed E-state index contributed by atoms with van der Waals surface area (Å²) in [4.78, 5) is 21.4. The first kappa shape index (κ1) is 9.60. The molecule has 1 heterocycles. The zero-order chi connectivity index (χ0) is 11.0. The number of carbonyl (C=O) groups is 1. The molecule has 0 radical (unpaired) electrons. The first-order valence-electron chi connectivity index (χ1n) is 4.42. The molecule has 0 saturated heterocycles. The molecule has 6 heteroatoms. The van der Waals surface area contributed by atoms with Crippen LogP contribution in [0.2, 0.25) is 0 Å². The number of rotatable bonds is 1. The highest BCUT2D eigenvalue weighted by atomic mass is 16.6. The maximum absolute atomic E-state index is 11.3. The van der Waals surface area contributed by atoms with Crippen molar-refractivity contribution in [1.82, 2.24) is 0 Å². The van der Waals surface area contributed by atoms with Crippen molar-refractivity contribution in [2.45, 2.75) is 12.5 Å². The van der Waals surface area contributed by atoms with E-state index in [0.717, 1.165) is 0 Å². The van der Waals surface area contributed by atoms with Crippen molar-refractivity contribution in [3.05, 3.63) is 33.9 Å². The van der Waals surface area contributed by atoms with Gasteiger partial charge in [-0.05, 0) is 12.0 Å². The van der Waals surface area contributed by atoms with Crippen LogP contribution in [-0.4, -0.2) is 16.9 Å². The van der Waals surface area contributed by atoms with E-state index in [9.17, 15) is 14.9 Å². The maximum atomic E-state index is 11.3. The molecule has 0 bridgehead atoms. The van der Waals surface area contributed by atoms with Crippen molar-refractivity contribution in [1.29, 1.82) is 0 Å². The summed E-state index contributed by atoms with van der Waals surface area (Å²) in [5.74, 6) is -0.378. The van der Waals surface area contributed by atoms with E-state index >= 15 is 0 Å². The fraction of sp³-hybridized carbons (Fsp3) is 0.222. The summed E-state index contributed by atoms with van der Waals surface area (Å²) in [6.45, 7) is 0. The molecule has 6 nitrogen and oxygen atoms in total. The lowest BCUT2D eigenvalue weighted by Crippen LogP contribution is -2.41. The number of para-hydroxylation sites is 1. The smallest absolute Gasteiger partial charge is 0.293 e. The van der Waals surface area contributed by atoms with Gasteiger partial charge < -0.3 is 11.1 Å². The van der Waals surface area contributed by atoms with Crippen molar-refractivity contribution < 1.29 is 9.72 Å². The molecule has 1 amide bonds. The Labute approximate surface area is 85.2 Å². The molecule has 1 aromatic carbocycles. The molecule has 0 fully saturated rings. The van der Waals surface area contributed by atoms with Gasteiger partial charge in [0.05, 0.1) is 11.0 Å². The first-order chi connectivity index (χ1) is 7.09. The second-order valence-electron chi connectivity index (χ2n) is 3.37. The first-order valence-corrected chi connectivity index (χ1v) is 4.42. The SMILES string of the molecule is NC1Cc2cccc([N+](=O)[O-])c2NC1=O. The quantitative estimate of drug-likeness (QED) is 0.514. The lowest BCUT2D eigenvalue weighted by Gasteiger charge is -2.21. The Morgan fingerprint density at radius 1 is 1.53 bits per heavy atom. The number of benzene rings is 1. The standard InChI is InChI=1S/C9H9N3O3/c10-6-4-5-2-1-3-7(12(14)15)8(5)11-9(6)13/h1-3,6H,4,10H2,(H,11,13). The second kappa shape index (κ2) is 3.32. The number of hydrogen-bond acceptors (Lipinski definition) is 4. The van der Waals surface area contributed by atoms with Crippen molar-refractivity contribution in [3.63, 3.8) is 0 Å². The van der Waals surface area contributed by atoms with Crippen LogP contribution in [0.25, 0.3) is 0 Å². The van der Waals surface area contributed by atoms with Gasteiger partial charge in [0, 0.05) is 6.07 Å². The van der Waals surface area contributed by atoms with Gasteiger partial charge in [-0.25, -0.2) is 0 Å². The van der Waals surface area contributed by atoms with Crippen molar-refractivity contribution >= 4 is 17.3 Å². The van der Waals surface area contributed by atoms with Gasteiger partial charge in [-0.15, -0.1) is 0 Å². The number of nitro groups is 1. The normalized spacial score (nSPS) is 19.3. The van der Waals surface area contributed by atoms with Crippen molar-refractivity contribution in [3.8, 4) is 0 Å². The minimum absolute atomic E-state index is 0.0900. The third-order valence-corrected chi connectivity index (χ3v) is 2.35. The van der Waals surface area contributed by atoms with Gasteiger partial charge in [-0.1, -0.05) is 12.1 Å².